The number of anilines is 1. The van der Waals surface area contributed by atoms with Crippen LogP contribution in [0.4, 0.5) is 5.82 Å². The van der Waals surface area contributed by atoms with Crippen LogP contribution in [0.25, 0.3) is 33.2 Å². The molecule has 206 valence electrons. The van der Waals surface area contributed by atoms with Crippen molar-refractivity contribution in [1.29, 1.82) is 0 Å². The standard InChI is InChI=1S/C30H28N8O3/c1-17-8-7-9-20-23(17)29(39)38(36-12-5-6-13-36)22(34-20)15-37-28-24(27(31)32-16-33-28)25(35-37)18-10-11-21(40-4)26-19(18)14-30(2,3)41-26/h5-13,16H,14-15H2,1-4H3,(H2,31,32,33). The van der Waals surface area contributed by atoms with Crippen molar-refractivity contribution in [2.75, 3.05) is 12.8 Å². The van der Waals surface area contributed by atoms with Crippen molar-refractivity contribution in [2.24, 2.45) is 0 Å². The highest BCUT2D eigenvalue weighted by molar-refractivity contribution is 5.99. The van der Waals surface area contributed by atoms with Gasteiger partial charge in [-0.25, -0.2) is 19.6 Å². The maximum absolute atomic E-state index is 13.9. The number of aryl methyl sites for hydroxylation is 1. The molecule has 1 aliphatic heterocycles. The zero-order valence-electron chi connectivity index (χ0n) is 23.1. The Kier molecular flexibility index (Phi) is 5.40. The first-order valence-corrected chi connectivity index (χ1v) is 13.3. The first-order chi connectivity index (χ1) is 19.8. The summed E-state index contributed by atoms with van der Waals surface area (Å²) in [6.45, 7) is 6.15. The van der Waals surface area contributed by atoms with Crippen molar-refractivity contribution in [1.82, 2.24) is 34.1 Å². The fraction of sp³-hybridized carbons (Fsp3) is 0.233. The topological polar surface area (TPSA) is 128 Å². The van der Waals surface area contributed by atoms with Gasteiger partial charge in [0.1, 0.15) is 30.0 Å². The van der Waals surface area contributed by atoms with Gasteiger partial charge in [0, 0.05) is 29.9 Å². The highest BCUT2D eigenvalue weighted by atomic mass is 16.5. The van der Waals surface area contributed by atoms with E-state index >= 15 is 0 Å². The number of benzene rings is 2. The second kappa shape index (κ2) is 8.91. The number of nitrogens with zero attached hydrogens (tertiary/aromatic N) is 7. The summed E-state index contributed by atoms with van der Waals surface area (Å²) in [5.41, 5.74) is 10.3. The van der Waals surface area contributed by atoms with Gasteiger partial charge < -0.3 is 15.2 Å². The third-order valence-electron chi connectivity index (χ3n) is 7.50. The molecule has 1 aliphatic rings. The zero-order valence-corrected chi connectivity index (χ0v) is 23.1. The largest absolute Gasteiger partial charge is 0.493 e. The summed E-state index contributed by atoms with van der Waals surface area (Å²) in [4.78, 5) is 27.6. The van der Waals surface area contributed by atoms with Gasteiger partial charge in [-0.2, -0.15) is 9.77 Å². The lowest BCUT2D eigenvalue weighted by Gasteiger charge is -2.17. The van der Waals surface area contributed by atoms with Gasteiger partial charge >= 0.3 is 0 Å². The third-order valence-corrected chi connectivity index (χ3v) is 7.50. The van der Waals surface area contributed by atoms with Crippen molar-refractivity contribution >= 4 is 27.8 Å². The zero-order chi connectivity index (χ0) is 28.5. The van der Waals surface area contributed by atoms with Gasteiger partial charge in [-0.3, -0.25) is 9.47 Å². The second-order valence-corrected chi connectivity index (χ2v) is 10.8. The van der Waals surface area contributed by atoms with E-state index < -0.39 is 5.60 Å². The molecule has 41 heavy (non-hydrogen) atoms. The van der Waals surface area contributed by atoms with Gasteiger partial charge in [0.2, 0.25) is 0 Å². The Balaban J connectivity index is 1.46. The van der Waals surface area contributed by atoms with Crippen LogP contribution in [0, 0.1) is 6.92 Å². The Morgan fingerprint density at radius 2 is 1.88 bits per heavy atom. The minimum atomic E-state index is -0.411. The van der Waals surface area contributed by atoms with Crippen LogP contribution in [-0.4, -0.2) is 46.8 Å². The van der Waals surface area contributed by atoms with Gasteiger partial charge in [-0.1, -0.05) is 12.1 Å². The molecule has 11 nitrogen and oxygen atoms in total. The summed E-state index contributed by atoms with van der Waals surface area (Å²) in [7, 11) is 1.63. The first kappa shape index (κ1) is 24.8. The molecule has 11 heteroatoms. The molecule has 2 aromatic carbocycles. The molecule has 0 fully saturated rings. The fourth-order valence-corrected chi connectivity index (χ4v) is 5.71. The summed E-state index contributed by atoms with van der Waals surface area (Å²) < 4.78 is 16.9. The van der Waals surface area contributed by atoms with E-state index in [-0.39, 0.29) is 12.1 Å². The van der Waals surface area contributed by atoms with Crippen molar-refractivity contribution in [3.8, 4) is 22.8 Å². The summed E-state index contributed by atoms with van der Waals surface area (Å²) in [5, 5.41) is 6.21. The average Bonchev–Trinajstić information content (AvgIpc) is 3.66. The second-order valence-electron chi connectivity index (χ2n) is 10.8. The molecule has 6 aromatic rings. The van der Waals surface area contributed by atoms with E-state index in [0.717, 1.165) is 16.7 Å². The van der Waals surface area contributed by atoms with E-state index in [1.54, 1.807) is 21.1 Å². The normalized spacial score (nSPS) is 14.0. The fourth-order valence-electron chi connectivity index (χ4n) is 5.71. The lowest BCUT2D eigenvalue weighted by Crippen LogP contribution is -2.31. The predicted octanol–water partition coefficient (Wildman–Crippen LogP) is 3.98. The number of aromatic nitrogens is 7. The van der Waals surface area contributed by atoms with Crippen molar-refractivity contribution < 1.29 is 9.47 Å². The number of hydrogen-bond donors (Lipinski definition) is 1. The van der Waals surface area contributed by atoms with E-state index in [9.17, 15) is 4.79 Å². The number of hydrogen-bond acceptors (Lipinski definition) is 8. The van der Waals surface area contributed by atoms with Crippen molar-refractivity contribution in [2.45, 2.75) is 39.3 Å². The molecule has 0 amide bonds. The molecule has 0 bridgehead atoms. The Hall–Kier alpha value is -5.19. The Bertz CT molecular complexity index is 2040. The van der Waals surface area contributed by atoms with E-state index in [0.29, 0.717) is 57.2 Å². The molecule has 5 heterocycles. The minimum absolute atomic E-state index is 0.157. The Labute approximate surface area is 234 Å². The average molecular weight is 549 g/mol. The van der Waals surface area contributed by atoms with Crippen LogP contribution in [0.1, 0.15) is 30.8 Å². The van der Waals surface area contributed by atoms with E-state index in [1.165, 1.54) is 6.33 Å². The lowest BCUT2D eigenvalue weighted by molar-refractivity contribution is 0.134. The van der Waals surface area contributed by atoms with E-state index in [2.05, 4.69) is 9.97 Å². The molecular weight excluding hydrogens is 520 g/mol. The van der Waals surface area contributed by atoms with Crippen molar-refractivity contribution in [3.63, 3.8) is 0 Å². The SMILES string of the molecule is COc1ccc(-c2nn(Cc3nc4cccc(C)c4c(=O)n3-n3cccc3)c3ncnc(N)c23)c2c1OC(C)(C)C2. The molecule has 0 unspecified atom stereocenters. The summed E-state index contributed by atoms with van der Waals surface area (Å²) in [5.74, 6) is 2.15. The Morgan fingerprint density at radius 1 is 1.07 bits per heavy atom. The third kappa shape index (κ3) is 3.84. The highest BCUT2D eigenvalue weighted by Gasteiger charge is 2.36. The molecule has 2 N–H and O–H groups in total. The van der Waals surface area contributed by atoms with Gasteiger partial charge in [-0.05, 0) is 56.7 Å². The maximum atomic E-state index is 13.9. The molecule has 0 saturated heterocycles. The molecular formula is C30H28N8O3. The van der Waals surface area contributed by atoms with Gasteiger partial charge in [-0.15, -0.1) is 0 Å². The maximum Gasteiger partial charge on any atom is 0.281 e. The van der Waals surface area contributed by atoms with Crippen LogP contribution in [0.2, 0.25) is 0 Å². The first-order valence-electron chi connectivity index (χ1n) is 13.3. The smallest absolute Gasteiger partial charge is 0.281 e. The van der Waals surface area contributed by atoms with Crippen LogP contribution >= 0.6 is 0 Å². The van der Waals surface area contributed by atoms with Crippen LogP contribution in [0.5, 0.6) is 11.5 Å². The monoisotopic (exact) mass is 548 g/mol. The highest BCUT2D eigenvalue weighted by Crippen LogP contribution is 2.47. The molecule has 0 saturated carbocycles. The van der Waals surface area contributed by atoms with Crippen LogP contribution in [0.3, 0.4) is 0 Å². The number of methoxy groups -OCH3 is 1. The van der Waals surface area contributed by atoms with Crippen molar-refractivity contribution in [3.05, 3.63) is 88.5 Å². The van der Waals surface area contributed by atoms with Crippen LogP contribution in [-0.2, 0) is 13.0 Å². The van der Waals surface area contributed by atoms with Gasteiger partial charge in [0.25, 0.3) is 5.56 Å². The predicted molar refractivity (Wildman–Crippen MR) is 155 cm³/mol. The quantitative estimate of drug-likeness (QED) is 0.343. The van der Waals surface area contributed by atoms with Gasteiger partial charge in [0.05, 0.1) is 23.4 Å². The summed E-state index contributed by atoms with van der Waals surface area (Å²) in [6, 6.07) is 13.2. The summed E-state index contributed by atoms with van der Waals surface area (Å²) in [6.07, 6.45) is 5.70. The molecule has 0 radical (unpaired) electrons. The number of nitrogens with two attached hydrogens (primary N) is 1. The van der Waals surface area contributed by atoms with Gasteiger partial charge in [0.15, 0.2) is 23.0 Å². The molecule has 4 aromatic heterocycles. The summed E-state index contributed by atoms with van der Waals surface area (Å²) >= 11 is 0. The molecule has 0 spiro atoms. The number of rotatable bonds is 5. The lowest BCUT2D eigenvalue weighted by atomic mass is 9.95. The molecule has 7 rings (SSSR count). The molecule has 0 aliphatic carbocycles. The van der Waals surface area contributed by atoms with Crippen LogP contribution < -0.4 is 20.8 Å². The minimum Gasteiger partial charge on any atom is -0.493 e. The van der Waals surface area contributed by atoms with Crippen LogP contribution in [0.15, 0.2) is 66.0 Å². The van der Waals surface area contributed by atoms with E-state index in [1.807, 2.05) is 75.6 Å². The van der Waals surface area contributed by atoms with E-state index in [4.69, 9.17) is 25.3 Å². The number of nitrogen functional groups attached to an aromatic ring is 1. The number of fused-ring (bicyclic) bond motifs is 3. The molecule has 0 atom stereocenters. The Morgan fingerprint density at radius 3 is 2.66 bits per heavy atom. The number of ether oxygens (including phenoxy) is 2.